The highest BCUT2D eigenvalue weighted by Gasteiger charge is 2.13. The van der Waals surface area contributed by atoms with Crippen LogP contribution in [0.2, 0.25) is 0 Å². The first-order valence-electron chi connectivity index (χ1n) is 6.07. The molecule has 3 N–H and O–H groups in total. The topological polar surface area (TPSA) is 90.9 Å². The Kier molecular flexibility index (Phi) is 5.79. The number of likely N-dealkylation sites (N-methyl/N-ethyl adjacent to an activating group) is 2. The van der Waals surface area contributed by atoms with E-state index in [0.717, 1.165) is 0 Å². The molecule has 110 valence electrons. The monoisotopic (exact) mass is 281 g/mol. The molecule has 0 bridgehead atoms. The fraction of sp³-hybridized carbons (Fsp3) is 0.385. The van der Waals surface area contributed by atoms with Crippen LogP contribution < -0.4 is 15.4 Å². The summed E-state index contributed by atoms with van der Waals surface area (Å²) in [6.07, 6.45) is 0. The maximum Gasteiger partial charge on any atom is 0.339 e. The largest absolute Gasteiger partial charge is 0.496 e. The number of nitrogens with one attached hydrogen (secondary N) is 2. The lowest BCUT2D eigenvalue weighted by Crippen LogP contribution is -2.35. The number of nitrogens with zero attached hydrogens (tertiary/aromatic N) is 1. The molecule has 0 unspecified atom stereocenters. The molecule has 0 aliphatic rings. The van der Waals surface area contributed by atoms with Crippen molar-refractivity contribution in [2.45, 2.75) is 0 Å². The van der Waals surface area contributed by atoms with Gasteiger partial charge in [-0.15, -0.1) is 0 Å². The van der Waals surface area contributed by atoms with Gasteiger partial charge in [0.1, 0.15) is 11.3 Å². The average molecular weight is 281 g/mol. The van der Waals surface area contributed by atoms with E-state index < -0.39 is 5.97 Å². The van der Waals surface area contributed by atoms with Gasteiger partial charge < -0.3 is 25.4 Å². The van der Waals surface area contributed by atoms with Crippen LogP contribution >= 0.6 is 0 Å². The Balaban J connectivity index is 2.78. The van der Waals surface area contributed by atoms with Gasteiger partial charge in [-0.05, 0) is 19.2 Å². The number of ether oxygens (including phenoxy) is 1. The van der Waals surface area contributed by atoms with E-state index in [2.05, 4.69) is 10.6 Å². The summed E-state index contributed by atoms with van der Waals surface area (Å²) in [5.41, 5.74) is 0.530. The minimum absolute atomic E-state index is 0.0500. The van der Waals surface area contributed by atoms with Crippen LogP contribution in [0.4, 0.5) is 10.5 Å². The van der Waals surface area contributed by atoms with Gasteiger partial charge in [0.15, 0.2) is 0 Å². The van der Waals surface area contributed by atoms with Gasteiger partial charge in [-0.25, -0.2) is 9.59 Å². The van der Waals surface area contributed by atoms with Gasteiger partial charge in [0.2, 0.25) is 0 Å². The number of carboxylic acid groups (broad SMARTS) is 1. The van der Waals surface area contributed by atoms with Crippen molar-refractivity contribution in [1.82, 2.24) is 10.2 Å². The fourth-order valence-electron chi connectivity index (χ4n) is 1.55. The Morgan fingerprint density at radius 1 is 1.40 bits per heavy atom. The van der Waals surface area contributed by atoms with Crippen molar-refractivity contribution in [3.8, 4) is 5.75 Å². The molecule has 0 fully saturated rings. The van der Waals surface area contributed by atoms with E-state index in [-0.39, 0.29) is 17.3 Å². The van der Waals surface area contributed by atoms with Gasteiger partial charge in [0, 0.05) is 31.9 Å². The molecule has 0 saturated heterocycles. The minimum Gasteiger partial charge on any atom is -0.496 e. The molecule has 0 radical (unpaired) electrons. The Morgan fingerprint density at radius 2 is 2.10 bits per heavy atom. The SMILES string of the molecule is CNCCN(C)C(=O)Nc1ccc(C(=O)O)c(OC)c1. The van der Waals surface area contributed by atoms with Crippen molar-refractivity contribution >= 4 is 17.7 Å². The van der Waals surface area contributed by atoms with Gasteiger partial charge in [0.25, 0.3) is 0 Å². The molecule has 7 heteroatoms. The van der Waals surface area contributed by atoms with Gasteiger partial charge in [-0.2, -0.15) is 0 Å². The average Bonchev–Trinajstić information content (AvgIpc) is 2.44. The molecular formula is C13H19N3O4. The van der Waals surface area contributed by atoms with Gasteiger partial charge in [-0.3, -0.25) is 0 Å². The van der Waals surface area contributed by atoms with E-state index in [9.17, 15) is 9.59 Å². The second-order valence-corrected chi connectivity index (χ2v) is 4.18. The molecule has 20 heavy (non-hydrogen) atoms. The van der Waals surface area contributed by atoms with E-state index in [0.29, 0.717) is 18.8 Å². The molecular weight excluding hydrogens is 262 g/mol. The van der Waals surface area contributed by atoms with Crippen LogP contribution in [-0.2, 0) is 0 Å². The van der Waals surface area contributed by atoms with Crippen LogP contribution in [0.15, 0.2) is 18.2 Å². The highest BCUT2D eigenvalue weighted by molar-refractivity contribution is 5.94. The predicted molar refractivity (Wildman–Crippen MR) is 75.5 cm³/mol. The van der Waals surface area contributed by atoms with Crippen molar-refractivity contribution in [2.24, 2.45) is 0 Å². The third-order valence-electron chi connectivity index (χ3n) is 2.73. The number of benzene rings is 1. The summed E-state index contributed by atoms with van der Waals surface area (Å²) in [5, 5.41) is 14.6. The molecule has 0 aliphatic carbocycles. The maximum absolute atomic E-state index is 11.9. The van der Waals surface area contributed by atoms with Crippen molar-refractivity contribution < 1.29 is 19.4 Å². The van der Waals surface area contributed by atoms with E-state index >= 15 is 0 Å². The number of methoxy groups -OCH3 is 1. The number of carbonyl (C=O) groups is 2. The van der Waals surface area contributed by atoms with Crippen LogP contribution in [0, 0.1) is 0 Å². The first kappa shape index (κ1) is 15.8. The second kappa shape index (κ2) is 7.34. The number of urea groups is 1. The molecule has 0 aliphatic heterocycles. The van der Waals surface area contributed by atoms with Crippen LogP contribution in [-0.4, -0.2) is 56.3 Å². The highest BCUT2D eigenvalue weighted by atomic mass is 16.5. The third-order valence-corrected chi connectivity index (χ3v) is 2.73. The summed E-state index contributed by atoms with van der Waals surface area (Å²) in [6, 6.07) is 4.12. The zero-order valence-electron chi connectivity index (χ0n) is 11.8. The molecule has 0 saturated carbocycles. The van der Waals surface area contributed by atoms with E-state index in [4.69, 9.17) is 9.84 Å². The molecule has 0 aromatic heterocycles. The normalized spacial score (nSPS) is 9.95. The number of hydrogen-bond acceptors (Lipinski definition) is 4. The number of anilines is 1. The summed E-state index contributed by atoms with van der Waals surface area (Å²) in [5.74, 6) is -0.876. The Labute approximate surface area is 117 Å². The van der Waals surface area contributed by atoms with E-state index in [1.54, 1.807) is 14.1 Å². The standard InChI is InChI=1S/C13H19N3O4/c1-14-6-7-16(2)13(19)15-9-4-5-10(12(17)18)11(8-9)20-3/h4-5,8,14H,6-7H2,1-3H3,(H,15,19)(H,17,18). The Hall–Kier alpha value is -2.28. The summed E-state index contributed by atoms with van der Waals surface area (Å²) in [4.78, 5) is 24.3. The van der Waals surface area contributed by atoms with Crippen molar-refractivity contribution in [2.75, 3.05) is 39.6 Å². The number of aromatic carboxylic acids is 1. The van der Waals surface area contributed by atoms with Gasteiger partial charge >= 0.3 is 12.0 Å². The van der Waals surface area contributed by atoms with E-state index in [1.807, 2.05) is 0 Å². The molecule has 0 spiro atoms. The quantitative estimate of drug-likeness (QED) is 0.725. The second-order valence-electron chi connectivity index (χ2n) is 4.18. The summed E-state index contributed by atoms with van der Waals surface area (Å²) in [6.45, 7) is 1.25. The van der Waals surface area contributed by atoms with Gasteiger partial charge in [0.05, 0.1) is 7.11 Å². The Morgan fingerprint density at radius 3 is 2.65 bits per heavy atom. The smallest absolute Gasteiger partial charge is 0.339 e. The number of carbonyl (C=O) groups excluding carboxylic acids is 1. The number of amides is 2. The third kappa shape index (κ3) is 4.13. The molecule has 1 aromatic rings. The molecule has 2 amide bonds. The van der Waals surface area contributed by atoms with E-state index in [1.165, 1.54) is 30.2 Å². The van der Waals surface area contributed by atoms with Crippen LogP contribution in [0.1, 0.15) is 10.4 Å². The van der Waals surface area contributed by atoms with Crippen LogP contribution in [0.25, 0.3) is 0 Å². The zero-order valence-corrected chi connectivity index (χ0v) is 11.8. The maximum atomic E-state index is 11.9. The minimum atomic E-state index is -1.08. The van der Waals surface area contributed by atoms with Gasteiger partial charge in [-0.1, -0.05) is 0 Å². The molecule has 0 atom stereocenters. The summed E-state index contributed by atoms with van der Waals surface area (Å²) < 4.78 is 5.00. The summed E-state index contributed by atoms with van der Waals surface area (Å²) >= 11 is 0. The lowest BCUT2D eigenvalue weighted by molar-refractivity contribution is 0.0693. The van der Waals surface area contributed by atoms with Crippen molar-refractivity contribution in [3.05, 3.63) is 23.8 Å². The Bertz CT molecular complexity index is 491. The molecule has 0 heterocycles. The lowest BCUT2D eigenvalue weighted by Gasteiger charge is -2.18. The first-order valence-corrected chi connectivity index (χ1v) is 6.07. The number of rotatable bonds is 6. The molecule has 1 rings (SSSR count). The lowest BCUT2D eigenvalue weighted by atomic mass is 10.2. The first-order chi connectivity index (χ1) is 9.49. The van der Waals surface area contributed by atoms with Crippen molar-refractivity contribution in [3.63, 3.8) is 0 Å². The van der Waals surface area contributed by atoms with Crippen LogP contribution in [0.5, 0.6) is 5.75 Å². The fourth-order valence-corrected chi connectivity index (χ4v) is 1.55. The van der Waals surface area contributed by atoms with Crippen LogP contribution in [0.3, 0.4) is 0 Å². The molecule has 1 aromatic carbocycles. The molecule has 7 nitrogen and oxygen atoms in total. The zero-order chi connectivity index (χ0) is 15.1. The number of hydrogen-bond donors (Lipinski definition) is 3. The number of carboxylic acids is 1. The predicted octanol–water partition coefficient (Wildman–Crippen LogP) is 1.08. The van der Waals surface area contributed by atoms with Crippen molar-refractivity contribution in [1.29, 1.82) is 0 Å². The highest BCUT2D eigenvalue weighted by Crippen LogP contribution is 2.23. The summed E-state index contributed by atoms with van der Waals surface area (Å²) in [7, 11) is 4.86.